The first-order valence-corrected chi connectivity index (χ1v) is 9.27. The maximum absolute atomic E-state index is 3.66. The number of thiophene rings is 1. The van der Waals surface area contributed by atoms with Gasteiger partial charge in [0.1, 0.15) is 0 Å². The van der Waals surface area contributed by atoms with Gasteiger partial charge in [-0.2, -0.15) is 0 Å². The molecule has 0 aliphatic carbocycles. The van der Waals surface area contributed by atoms with Gasteiger partial charge < -0.3 is 5.32 Å². The quantitative estimate of drug-likeness (QED) is 0.689. The molecule has 0 bridgehead atoms. The van der Waals surface area contributed by atoms with Gasteiger partial charge >= 0.3 is 0 Å². The lowest BCUT2D eigenvalue weighted by Crippen LogP contribution is -2.33. The van der Waals surface area contributed by atoms with Gasteiger partial charge in [0.25, 0.3) is 0 Å². The van der Waals surface area contributed by atoms with E-state index in [4.69, 9.17) is 0 Å². The molecule has 1 aliphatic rings. The van der Waals surface area contributed by atoms with Gasteiger partial charge in [0.15, 0.2) is 0 Å². The summed E-state index contributed by atoms with van der Waals surface area (Å²) in [7, 11) is 0. The molecule has 2 unspecified atom stereocenters. The van der Waals surface area contributed by atoms with Crippen LogP contribution in [-0.2, 0) is 0 Å². The van der Waals surface area contributed by atoms with Crippen LogP contribution in [0.2, 0.25) is 0 Å². The van der Waals surface area contributed by atoms with Crippen LogP contribution in [0.15, 0.2) is 39.3 Å². The first-order chi connectivity index (χ1) is 9.65. The summed E-state index contributed by atoms with van der Waals surface area (Å²) in [6, 6.07) is 11.1. The lowest BCUT2D eigenvalue weighted by atomic mass is 9.80. The zero-order chi connectivity index (χ0) is 14.1. The third-order valence-corrected chi connectivity index (χ3v) is 6.76. The molecule has 4 heteroatoms. The molecule has 0 radical (unpaired) electrons. The van der Waals surface area contributed by atoms with Crippen molar-refractivity contribution in [2.24, 2.45) is 0 Å². The minimum absolute atomic E-state index is 0.561. The van der Waals surface area contributed by atoms with Crippen LogP contribution in [0.1, 0.15) is 33.6 Å². The fraction of sp³-hybridized carbons (Fsp3) is 0.375. The van der Waals surface area contributed by atoms with Gasteiger partial charge in [-0.05, 0) is 59.6 Å². The number of aryl methyl sites for hydroxylation is 1. The second-order valence-electron chi connectivity index (χ2n) is 5.31. The number of piperidine rings is 1. The van der Waals surface area contributed by atoms with E-state index in [0.29, 0.717) is 11.8 Å². The molecule has 20 heavy (non-hydrogen) atoms. The SMILES string of the molecule is Cc1sc(C2CCNCC2c2cccc(Br)c2)cc1Br. The first kappa shape index (κ1) is 14.8. The largest absolute Gasteiger partial charge is 0.316 e. The highest BCUT2D eigenvalue weighted by atomic mass is 79.9. The Labute approximate surface area is 141 Å². The number of hydrogen-bond acceptors (Lipinski definition) is 2. The van der Waals surface area contributed by atoms with E-state index < -0.39 is 0 Å². The number of rotatable bonds is 2. The van der Waals surface area contributed by atoms with E-state index in [1.807, 2.05) is 11.3 Å². The predicted molar refractivity (Wildman–Crippen MR) is 93.9 cm³/mol. The van der Waals surface area contributed by atoms with Crippen molar-refractivity contribution < 1.29 is 0 Å². The van der Waals surface area contributed by atoms with Crippen molar-refractivity contribution in [3.63, 3.8) is 0 Å². The van der Waals surface area contributed by atoms with Gasteiger partial charge in [0.2, 0.25) is 0 Å². The molecule has 2 atom stereocenters. The van der Waals surface area contributed by atoms with E-state index >= 15 is 0 Å². The summed E-state index contributed by atoms with van der Waals surface area (Å²) < 4.78 is 2.42. The maximum Gasteiger partial charge on any atom is 0.0314 e. The lowest BCUT2D eigenvalue weighted by molar-refractivity contribution is 0.408. The molecule has 1 aromatic heterocycles. The lowest BCUT2D eigenvalue weighted by Gasteiger charge is -2.32. The Bertz CT molecular complexity index is 589. The predicted octanol–water partition coefficient (Wildman–Crippen LogP) is 5.44. The highest BCUT2D eigenvalue weighted by Gasteiger charge is 2.29. The molecule has 0 amide bonds. The zero-order valence-electron chi connectivity index (χ0n) is 11.3. The average Bonchev–Trinajstić information content (AvgIpc) is 2.79. The van der Waals surface area contributed by atoms with E-state index in [0.717, 1.165) is 13.1 Å². The van der Waals surface area contributed by atoms with Gasteiger partial charge in [-0.15, -0.1) is 11.3 Å². The van der Waals surface area contributed by atoms with Crippen molar-refractivity contribution >= 4 is 43.2 Å². The summed E-state index contributed by atoms with van der Waals surface area (Å²) in [6.07, 6.45) is 1.21. The summed E-state index contributed by atoms with van der Waals surface area (Å²) in [6.45, 7) is 4.37. The van der Waals surface area contributed by atoms with E-state index in [1.54, 1.807) is 0 Å². The van der Waals surface area contributed by atoms with Crippen LogP contribution in [0.4, 0.5) is 0 Å². The minimum Gasteiger partial charge on any atom is -0.316 e. The van der Waals surface area contributed by atoms with Crippen LogP contribution in [0.25, 0.3) is 0 Å². The van der Waals surface area contributed by atoms with Crippen LogP contribution < -0.4 is 5.32 Å². The van der Waals surface area contributed by atoms with E-state index in [-0.39, 0.29) is 0 Å². The molecule has 1 N–H and O–H groups in total. The fourth-order valence-corrected chi connectivity index (χ4v) is 5.13. The molecule has 2 aromatic rings. The molecular weight excluding hydrogens is 398 g/mol. The molecule has 1 fully saturated rings. The Morgan fingerprint density at radius 1 is 1.20 bits per heavy atom. The Morgan fingerprint density at radius 2 is 2.05 bits per heavy atom. The number of hydrogen-bond donors (Lipinski definition) is 1. The first-order valence-electron chi connectivity index (χ1n) is 6.87. The van der Waals surface area contributed by atoms with Crippen molar-refractivity contribution in [2.75, 3.05) is 13.1 Å². The normalized spacial score (nSPS) is 22.9. The third kappa shape index (κ3) is 3.03. The number of halogens is 2. The second kappa shape index (κ2) is 6.30. The molecule has 106 valence electrons. The minimum atomic E-state index is 0.561. The van der Waals surface area contributed by atoms with Crippen molar-refractivity contribution in [3.8, 4) is 0 Å². The highest BCUT2D eigenvalue weighted by Crippen LogP contribution is 2.42. The number of benzene rings is 1. The van der Waals surface area contributed by atoms with Gasteiger partial charge in [0, 0.05) is 37.1 Å². The summed E-state index contributed by atoms with van der Waals surface area (Å²) in [5.41, 5.74) is 1.43. The third-order valence-electron chi connectivity index (χ3n) is 4.00. The van der Waals surface area contributed by atoms with E-state index in [1.165, 1.54) is 30.7 Å². The molecule has 1 aromatic carbocycles. The van der Waals surface area contributed by atoms with Crippen LogP contribution >= 0.6 is 43.2 Å². The molecule has 0 spiro atoms. The molecular formula is C16H17Br2NS. The fourth-order valence-electron chi connectivity index (χ4n) is 2.95. The summed E-state index contributed by atoms with van der Waals surface area (Å²) >= 11 is 9.19. The molecule has 1 nitrogen and oxygen atoms in total. The molecule has 1 saturated heterocycles. The second-order valence-corrected chi connectivity index (χ2v) is 8.37. The Balaban J connectivity index is 1.95. The van der Waals surface area contributed by atoms with Crippen molar-refractivity contribution in [3.05, 3.63) is 54.6 Å². The summed E-state index contributed by atoms with van der Waals surface area (Å²) in [5.74, 6) is 1.19. The molecule has 1 aliphatic heterocycles. The molecule has 3 rings (SSSR count). The Morgan fingerprint density at radius 3 is 2.75 bits per heavy atom. The van der Waals surface area contributed by atoms with E-state index in [2.05, 4.69) is 74.4 Å². The molecule has 0 saturated carbocycles. The smallest absolute Gasteiger partial charge is 0.0314 e. The van der Waals surface area contributed by atoms with Gasteiger partial charge in [-0.3, -0.25) is 0 Å². The standard InChI is InChI=1S/C16H17Br2NS/c1-10-15(18)8-16(20-10)13-5-6-19-9-14(13)11-3-2-4-12(17)7-11/h2-4,7-8,13-14,19H,5-6,9H2,1H3. The van der Waals surface area contributed by atoms with Crippen LogP contribution in [0.3, 0.4) is 0 Å². The van der Waals surface area contributed by atoms with Gasteiger partial charge in [-0.25, -0.2) is 0 Å². The topological polar surface area (TPSA) is 12.0 Å². The average molecular weight is 415 g/mol. The Kier molecular flexibility index (Phi) is 4.65. The van der Waals surface area contributed by atoms with Crippen molar-refractivity contribution in [2.45, 2.75) is 25.2 Å². The zero-order valence-corrected chi connectivity index (χ0v) is 15.3. The molecule has 2 heterocycles. The maximum atomic E-state index is 3.66. The van der Waals surface area contributed by atoms with Crippen LogP contribution in [0.5, 0.6) is 0 Å². The number of nitrogens with one attached hydrogen (secondary N) is 1. The Hall–Kier alpha value is -0.160. The summed E-state index contributed by atoms with van der Waals surface area (Å²) in [4.78, 5) is 2.90. The van der Waals surface area contributed by atoms with E-state index in [9.17, 15) is 0 Å². The van der Waals surface area contributed by atoms with Crippen LogP contribution in [0, 0.1) is 6.92 Å². The van der Waals surface area contributed by atoms with Gasteiger partial charge in [-0.1, -0.05) is 28.1 Å². The van der Waals surface area contributed by atoms with Gasteiger partial charge in [0.05, 0.1) is 0 Å². The summed E-state index contributed by atoms with van der Waals surface area (Å²) in [5, 5.41) is 3.55. The van der Waals surface area contributed by atoms with Crippen molar-refractivity contribution in [1.82, 2.24) is 5.32 Å². The van der Waals surface area contributed by atoms with Crippen LogP contribution in [-0.4, -0.2) is 13.1 Å². The van der Waals surface area contributed by atoms with Crippen molar-refractivity contribution in [1.29, 1.82) is 0 Å². The monoisotopic (exact) mass is 413 g/mol. The highest BCUT2D eigenvalue weighted by molar-refractivity contribution is 9.10.